The number of piperidine rings is 2. The Bertz CT molecular complexity index is 1010. The van der Waals surface area contributed by atoms with Crippen LogP contribution < -0.4 is 5.32 Å². The second-order valence-corrected chi connectivity index (χ2v) is 11.2. The number of nitrogens with one attached hydrogen (secondary N) is 1. The number of nitrogens with zero attached hydrogens (tertiary/aromatic N) is 2. The summed E-state index contributed by atoms with van der Waals surface area (Å²) in [6, 6.07) is 20.7. The number of benzene rings is 2. The molecule has 0 unspecified atom stereocenters. The van der Waals surface area contributed by atoms with E-state index >= 15 is 0 Å². The molecule has 37 heavy (non-hydrogen) atoms. The van der Waals surface area contributed by atoms with E-state index in [2.05, 4.69) is 34.5 Å². The van der Waals surface area contributed by atoms with Gasteiger partial charge < -0.3 is 19.7 Å². The summed E-state index contributed by atoms with van der Waals surface area (Å²) in [5.41, 5.74) is 1.23. The van der Waals surface area contributed by atoms with Gasteiger partial charge in [0.05, 0.1) is 5.60 Å². The SMILES string of the molecule is CC(C)(C)OC(=O)N1CCC(OCC(=O)NC2CCN(Cc3ccccc3)CC2)(c2ccccc2)CC1. The number of ether oxygens (including phenoxy) is 2. The topological polar surface area (TPSA) is 71.1 Å². The number of amides is 2. The molecule has 2 saturated heterocycles. The lowest BCUT2D eigenvalue weighted by molar-refractivity contribution is -0.140. The average Bonchev–Trinajstić information content (AvgIpc) is 2.89. The van der Waals surface area contributed by atoms with Gasteiger partial charge in [-0.1, -0.05) is 60.7 Å². The molecule has 0 radical (unpaired) electrons. The molecule has 2 heterocycles. The molecule has 0 spiro atoms. The minimum absolute atomic E-state index is 0.00552. The van der Waals surface area contributed by atoms with Gasteiger partial charge in [0.25, 0.3) is 0 Å². The summed E-state index contributed by atoms with van der Waals surface area (Å²) in [6.45, 7) is 9.55. The fourth-order valence-electron chi connectivity index (χ4n) is 5.19. The summed E-state index contributed by atoms with van der Waals surface area (Å²) in [4.78, 5) is 29.6. The Balaban J connectivity index is 1.28. The van der Waals surface area contributed by atoms with Crippen molar-refractivity contribution in [1.29, 1.82) is 0 Å². The zero-order valence-electron chi connectivity index (χ0n) is 22.4. The van der Waals surface area contributed by atoms with Gasteiger partial charge in [-0.15, -0.1) is 0 Å². The molecule has 0 aromatic heterocycles. The van der Waals surface area contributed by atoms with E-state index in [1.807, 2.05) is 57.2 Å². The summed E-state index contributed by atoms with van der Waals surface area (Å²) in [5.74, 6) is -0.0774. The molecular formula is C30H41N3O4. The van der Waals surface area contributed by atoms with Crippen LogP contribution >= 0.6 is 0 Å². The normalized spacial score (nSPS) is 18.8. The molecular weight excluding hydrogens is 466 g/mol. The molecule has 4 rings (SSSR count). The first-order chi connectivity index (χ1) is 17.7. The van der Waals surface area contributed by atoms with Crippen LogP contribution in [-0.2, 0) is 26.4 Å². The van der Waals surface area contributed by atoms with Crippen LogP contribution in [0.4, 0.5) is 4.79 Å². The van der Waals surface area contributed by atoms with Gasteiger partial charge in [0.15, 0.2) is 0 Å². The van der Waals surface area contributed by atoms with E-state index in [9.17, 15) is 9.59 Å². The van der Waals surface area contributed by atoms with Crippen molar-refractivity contribution in [3.8, 4) is 0 Å². The van der Waals surface area contributed by atoms with Crippen LogP contribution in [0.3, 0.4) is 0 Å². The van der Waals surface area contributed by atoms with Crippen molar-refractivity contribution in [2.75, 3.05) is 32.8 Å². The van der Waals surface area contributed by atoms with E-state index in [4.69, 9.17) is 9.47 Å². The van der Waals surface area contributed by atoms with Gasteiger partial charge >= 0.3 is 6.09 Å². The summed E-state index contributed by atoms with van der Waals surface area (Å²) < 4.78 is 11.9. The number of hydrogen-bond donors (Lipinski definition) is 1. The van der Waals surface area contributed by atoms with E-state index in [0.717, 1.165) is 38.0 Å². The van der Waals surface area contributed by atoms with E-state index in [1.54, 1.807) is 4.90 Å². The number of rotatable bonds is 7. The van der Waals surface area contributed by atoms with Crippen molar-refractivity contribution in [3.05, 3.63) is 71.8 Å². The number of carbonyl (C=O) groups is 2. The molecule has 200 valence electrons. The molecule has 1 N–H and O–H groups in total. The van der Waals surface area contributed by atoms with Gasteiger partial charge in [0.1, 0.15) is 12.2 Å². The van der Waals surface area contributed by atoms with Crippen LogP contribution in [-0.4, -0.2) is 66.2 Å². The summed E-state index contributed by atoms with van der Waals surface area (Å²) >= 11 is 0. The molecule has 0 saturated carbocycles. The number of likely N-dealkylation sites (tertiary alicyclic amines) is 2. The fraction of sp³-hybridized carbons (Fsp3) is 0.533. The van der Waals surface area contributed by atoms with Gasteiger partial charge in [-0.25, -0.2) is 4.79 Å². The van der Waals surface area contributed by atoms with Crippen LogP contribution in [0.15, 0.2) is 60.7 Å². The second kappa shape index (κ2) is 12.1. The third kappa shape index (κ3) is 7.79. The first kappa shape index (κ1) is 27.1. The van der Waals surface area contributed by atoms with E-state index in [1.165, 1.54) is 5.56 Å². The minimum Gasteiger partial charge on any atom is -0.444 e. The third-order valence-electron chi connectivity index (χ3n) is 7.20. The Labute approximate surface area is 221 Å². The highest BCUT2D eigenvalue weighted by atomic mass is 16.6. The van der Waals surface area contributed by atoms with E-state index in [-0.39, 0.29) is 24.6 Å². The molecule has 7 heteroatoms. The average molecular weight is 508 g/mol. The highest BCUT2D eigenvalue weighted by Crippen LogP contribution is 2.37. The van der Waals surface area contributed by atoms with E-state index in [0.29, 0.717) is 25.9 Å². The van der Waals surface area contributed by atoms with Crippen molar-refractivity contribution in [1.82, 2.24) is 15.1 Å². The van der Waals surface area contributed by atoms with Crippen LogP contribution in [0.1, 0.15) is 57.6 Å². The predicted octanol–water partition coefficient (Wildman–Crippen LogP) is 4.71. The van der Waals surface area contributed by atoms with Gasteiger partial charge in [-0.2, -0.15) is 0 Å². The Morgan fingerprint density at radius 1 is 0.919 bits per heavy atom. The fourth-order valence-corrected chi connectivity index (χ4v) is 5.19. The molecule has 2 aromatic rings. The monoisotopic (exact) mass is 507 g/mol. The predicted molar refractivity (Wildman–Crippen MR) is 144 cm³/mol. The minimum atomic E-state index is -0.601. The van der Waals surface area contributed by atoms with Gasteiger partial charge in [-0.3, -0.25) is 9.69 Å². The Kier molecular flexibility index (Phi) is 8.87. The Morgan fingerprint density at radius 3 is 2.11 bits per heavy atom. The smallest absolute Gasteiger partial charge is 0.410 e. The lowest BCUT2D eigenvalue weighted by atomic mass is 9.84. The molecule has 2 aromatic carbocycles. The van der Waals surface area contributed by atoms with Crippen molar-refractivity contribution in [3.63, 3.8) is 0 Å². The molecule has 0 atom stereocenters. The van der Waals surface area contributed by atoms with Crippen LogP contribution in [0.2, 0.25) is 0 Å². The highest BCUT2D eigenvalue weighted by Gasteiger charge is 2.40. The van der Waals surface area contributed by atoms with E-state index < -0.39 is 11.2 Å². The number of carbonyl (C=O) groups excluding carboxylic acids is 2. The summed E-state index contributed by atoms with van der Waals surface area (Å²) in [5, 5.41) is 3.19. The maximum atomic E-state index is 12.9. The zero-order valence-corrected chi connectivity index (χ0v) is 22.4. The quantitative estimate of drug-likeness (QED) is 0.588. The lowest BCUT2D eigenvalue weighted by Gasteiger charge is -2.42. The van der Waals surface area contributed by atoms with Crippen molar-refractivity contribution in [2.45, 2.75) is 70.2 Å². The lowest BCUT2D eigenvalue weighted by Crippen LogP contribution is -2.49. The molecule has 0 bridgehead atoms. The first-order valence-corrected chi connectivity index (χ1v) is 13.5. The van der Waals surface area contributed by atoms with Gasteiger partial charge in [0, 0.05) is 38.8 Å². The summed E-state index contributed by atoms with van der Waals surface area (Å²) in [6.07, 6.45) is 2.80. The molecule has 2 aliphatic heterocycles. The maximum Gasteiger partial charge on any atom is 0.410 e. The van der Waals surface area contributed by atoms with Crippen LogP contribution in [0.5, 0.6) is 0 Å². The molecule has 2 amide bonds. The zero-order chi connectivity index (χ0) is 26.3. The van der Waals surface area contributed by atoms with Crippen molar-refractivity contribution < 1.29 is 19.1 Å². The first-order valence-electron chi connectivity index (χ1n) is 13.5. The number of hydrogen-bond acceptors (Lipinski definition) is 5. The molecule has 7 nitrogen and oxygen atoms in total. The standard InChI is InChI=1S/C30H41N3O4/c1-29(2,3)37-28(35)33-20-16-30(17-21-33,25-12-8-5-9-13-25)36-23-27(34)31-26-14-18-32(19-15-26)22-24-10-6-4-7-11-24/h4-13,26H,14-23H2,1-3H3,(H,31,34). The van der Waals surface area contributed by atoms with Crippen molar-refractivity contribution in [2.24, 2.45) is 0 Å². The van der Waals surface area contributed by atoms with Gasteiger partial charge in [0.2, 0.25) is 5.91 Å². The Morgan fingerprint density at radius 2 is 1.51 bits per heavy atom. The highest BCUT2D eigenvalue weighted by molar-refractivity contribution is 5.77. The second-order valence-electron chi connectivity index (χ2n) is 11.2. The van der Waals surface area contributed by atoms with Crippen LogP contribution in [0, 0.1) is 0 Å². The largest absolute Gasteiger partial charge is 0.444 e. The molecule has 2 fully saturated rings. The summed E-state index contributed by atoms with van der Waals surface area (Å²) in [7, 11) is 0. The Hall–Kier alpha value is -2.90. The molecule has 2 aliphatic rings. The third-order valence-corrected chi connectivity index (χ3v) is 7.20. The maximum absolute atomic E-state index is 12.9. The van der Waals surface area contributed by atoms with Crippen molar-refractivity contribution >= 4 is 12.0 Å². The van der Waals surface area contributed by atoms with Crippen LogP contribution in [0.25, 0.3) is 0 Å². The van der Waals surface area contributed by atoms with Gasteiger partial charge in [-0.05, 0) is 57.6 Å². The molecule has 0 aliphatic carbocycles.